The largest absolute Gasteiger partial charge is 0.497 e. The van der Waals surface area contributed by atoms with E-state index in [9.17, 15) is 9.59 Å². The third kappa shape index (κ3) is 4.63. The van der Waals surface area contributed by atoms with Crippen molar-refractivity contribution < 1.29 is 19.1 Å². The maximum absolute atomic E-state index is 12.0. The third-order valence-corrected chi connectivity index (χ3v) is 3.49. The average molecular weight is 349 g/mol. The molecule has 126 valence electrons. The van der Waals surface area contributed by atoms with Gasteiger partial charge in [-0.05, 0) is 12.1 Å². The van der Waals surface area contributed by atoms with E-state index in [0.29, 0.717) is 27.8 Å². The number of nitrogens with one attached hydrogen (secondary N) is 2. The number of rotatable bonds is 6. The summed E-state index contributed by atoms with van der Waals surface area (Å²) in [7, 11) is 3.04. The lowest BCUT2D eigenvalue weighted by Gasteiger charge is -2.10. The van der Waals surface area contributed by atoms with Crippen molar-refractivity contribution in [3.63, 3.8) is 0 Å². The molecule has 0 aliphatic carbocycles. The van der Waals surface area contributed by atoms with E-state index in [1.54, 1.807) is 42.5 Å². The van der Waals surface area contributed by atoms with Gasteiger partial charge < -0.3 is 20.1 Å². The van der Waals surface area contributed by atoms with Crippen molar-refractivity contribution >= 4 is 29.1 Å². The van der Waals surface area contributed by atoms with Gasteiger partial charge in [-0.15, -0.1) is 0 Å². The number of amides is 2. The van der Waals surface area contributed by atoms with Gasteiger partial charge in [-0.25, -0.2) is 0 Å². The summed E-state index contributed by atoms with van der Waals surface area (Å²) in [5, 5.41) is 5.51. The number of ether oxygens (including phenoxy) is 2. The third-order valence-electron chi connectivity index (χ3n) is 3.16. The molecule has 2 N–H and O–H groups in total. The molecule has 0 unspecified atom stereocenters. The molecule has 0 radical (unpaired) electrons. The fourth-order valence-corrected chi connectivity index (χ4v) is 2.21. The van der Waals surface area contributed by atoms with Crippen molar-refractivity contribution in [3.05, 3.63) is 53.1 Å². The molecule has 0 aliphatic rings. The Kier molecular flexibility index (Phi) is 6.03. The van der Waals surface area contributed by atoms with Gasteiger partial charge in [0.2, 0.25) is 5.91 Å². The Morgan fingerprint density at radius 2 is 1.67 bits per heavy atom. The van der Waals surface area contributed by atoms with Gasteiger partial charge in [-0.1, -0.05) is 23.7 Å². The molecule has 0 saturated carbocycles. The van der Waals surface area contributed by atoms with E-state index < -0.39 is 5.91 Å². The number of carbonyl (C=O) groups is 2. The smallest absolute Gasteiger partial charge is 0.253 e. The van der Waals surface area contributed by atoms with Crippen molar-refractivity contribution in [1.82, 2.24) is 5.32 Å². The Balaban J connectivity index is 1.96. The molecule has 0 saturated heterocycles. The molecule has 2 aromatic carbocycles. The van der Waals surface area contributed by atoms with Crippen LogP contribution in [0.3, 0.4) is 0 Å². The van der Waals surface area contributed by atoms with Gasteiger partial charge in [0.15, 0.2) is 0 Å². The summed E-state index contributed by atoms with van der Waals surface area (Å²) < 4.78 is 10.3. The zero-order valence-electron chi connectivity index (χ0n) is 13.3. The van der Waals surface area contributed by atoms with Crippen LogP contribution in [0.2, 0.25) is 5.02 Å². The zero-order chi connectivity index (χ0) is 17.5. The summed E-state index contributed by atoms with van der Waals surface area (Å²) >= 11 is 5.94. The summed E-state index contributed by atoms with van der Waals surface area (Å²) in [5.74, 6) is 0.291. The monoisotopic (exact) mass is 348 g/mol. The number of hydrogen-bond acceptors (Lipinski definition) is 4. The molecule has 0 atom stereocenters. The summed E-state index contributed by atoms with van der Waals surface area (Å²) in [5.41, 5.74) is 0.818. The van der Waals surface area contributed by atoms with Crippen LogP contribution < -0.4 is 20.1 Å². The number of anilines is 1. The SMILES string of the molecule is COc1cc(NC(=O)CNC(=O)c2ccccc2Cl)cc(OC)c1. The minimum Gasteiger partial charge on any atom is -0.497 e. The van der Waals surface area contributed by atoms with Crippen molar-refractivity contribution in [2.45, 2.75) is 0 Å². The van der Waals surface area contributed by atoms with E-state index in [1.165, 1.54) is 14.2 Å². The lowest BCUT2D eigenvalue weighted by molar-refractivity contribution is -0.115. The van der Waals surface area contributed by atoms with E-state index in [1.807, 2.05) is 0 Å². The lowest BCUT2D eigenvalue weighted by atomic mass is 10.2. The Hall–Kier alpha value is -2.73. The molecule has 24 heavy (non-hydrogen) atoms. The first-order valence-corrected chi connectivity index (χ1v) is 7.47. The molecule has 0 bridgehead atoms. The minimum atomic E-state index is -0.418. The Bertz CT molecular complexity index is 727. The first kappa shape index (κ1) is 17.6. The molecule has 2 amide bonds. The van der Waals surface area contributed by atoms with Crippen molar-refractivity contribution in [2.24, 2.45) is 0 Å². The Labute approximate surface area is 144 Å². The van der Waals surface area contributed by atoms with Crippen LogP contribution in [0.1, 0.15) is 10.4 Å². The quantitative estimate of drug-likeness (QED) is 0.841. The van der Waals surface area contributed by atoms with E-state index in [-0.39, 0.29) is 12.5 Å². The maximum Gasteiger partial charge on any atom is 0.253 e. The van der Waals surface area contributed by atoms with Crippen molar-refractivity contribution in [3.8, 4) is 11.5 Å². The second-order valence-electron chi connectivity index (χ2n) is 4.81. The van der Waals surface area contributed by atoms with Gasteiger partial charge in [0, 0.05) is 23.9 Å². The Morgan fingerprint density at radius 3 is 2.25 bits per heavy atom. The molecule has 7 heteroatoms. The first-order valence-electron chi connectivity index (χ1n) is 7.09. The van der Waals surface area contributed by atoms with Crippen LogP contribution in [-0.2, 0) is 4.79 Å². The van der Waals surface area contributed by atoms with Crippen LogP contribution in [0.15, 0.2) is 42.5 Å². The van der Waals surface area contributed by atoms with E-state index in [2.05, 4.69) is 10.6 Å². The highest BCUT2D eigenvalue weighted by Gasteiger charge is 2.11. The molecule has 2 rings (SSSR count). The molecule has 0 fully saturated rings. The number of benzene rings is 2. The van der Waals surface area contributed by atoms with Crippen LogP contribution in [0, 0.1) is 0 Å². The molecular weight excluding hydrogens is 332 g/mol. The molecule has 0 aromatic heterocycles. The molecule has 0 heterocycles. The standard InChI is InChI=1S/C17H17ClN2O4/c1-23-12-7-11(8-13(9-12)24-2)20-16(21)10-19-17(22)14-5-3-4-6-15(14)18/h3-9H,10H2,1-2H3,(H,19,22)(H,20,21). The number of hydrogen-bond donors (Lipinski definition) is 2. The van der Waals surface area contributed by atoms with Gasteiger partial charge in [0.25, 0.3) is 5.91 Å². The molecule has 2 aromatic rings. The fraction of sp³-hybridized carbons (Fsp3) is 0.176. The second kappa shape index (κ2) is 8.21. The van der Waals surface area contributed by atoms with Crippen LogP contribution in [0.5, 0.6) is 11.5 Å². The predicted octanol–water partition coefficient (Wildman–Crippen LogP) is 2.73. The molecule has 0 spiro atoms. The summed E-state index contributed by atoms with van der Waals surface area (Å²) in [6.07, 6.45) is 0. The van der Waals surface area contributed by atoms with Gasteiger partial charge >= 0.3 is 0 Å². The molecule has 6 nitrogen and oxygen atoms in total. The summed E-state index contributed by atoms with van der Waals surface area (Å²) in [4.78, 5) is 24.0. The van der Waals surface area contributed by atoms with Crippen molar-refractivity contribution in [2.75, 3.05) is 26.1 Å². The molecular formula is C17H17ClN2O4. The van der Waals surface area contributed by atoms with E-state index in [0.717, 1.165) is 0 Å². The number of carbonyl (C=O) groups excluding carboxylic acids is 2. The first-order chi connectivity index (χ1) is 11.5. The predicted molar refractivity (Wildman–Crippen MR) is 92.0 cm³/mol. The van der Waals surface area contributed by atoms with Gasteiger partial charge in [-0.2, -0.15) is 0 Å². The fourth-order valence-electron chi connectivity index (χ4n) is 1.99. The number of methoxy groups -OCH3 is 2. The normalized spacial score (nSPS) is 9.96. The second-order valence-corrected chi connectivity index (χ2v) is 5.22. The molecule has 0 aliphatic heterocycles. The van der Waals surface area contributed by atoms with Gasteiger partial charge in [-0.3, -0.25) is 9.59 Å². The zero-order valence-corrected chi connectivity index (χ0v) is 14.0. The van der Waals surface area contributed by atoms with Crippen molar-refractivity contribution in [1.29, 1.82) is 0 Å². The summed E-state index contributed by atoms with van der Waals surface area (Å²) in [6, 6.07) is 11.6. The van der Waals surface area contributed by atoms with Crippen LogP contribution in [0.4, 0.5) is 5.69 Å². The van der Waals surface area contributed by atoms with Gasteiger partial charge in [0.05, 0.1) is 31.4 Å². The Morgan fingerprint density at radius 1 is 1.04 bits per heavy atom. The van der Waals surface area contributed by atoms with E-state index in [4.69, 9.17) is 21.1 Å². The summed E-state index contributed by atoms with van der Waals surface area (Å²) in [6.45, 7) is -0.191. The number of halogens is 1. The van der Waals surface area contributed by atoms with E-state index >= 15 is 0 Å². The minimum absolute atomic E-state index is 0.191. The topological polar surface area (TPSA) is 76.7 Å². The lowest BCUT2D eigenvalue weighted by Crippen LogP contribution is -2.33. The maximum atomic E-state index is 12.0. The van der Waals surface area contributed by atoms with Crippen LogP contribution >= 0.6 is 11.6 Å². The highest BCUT2D eigenvalue weighted by Crippen LogP contribution is 2.25. The van der Waals surface area contributed by atoms with Crippen LogP contribution in [0.25, 0.3) is 0 Å². The highest BCUT2D eigenvalue weighted by molar-refractivity contribution is 6.33. The highest BCUT2D eigenvalue weighted by atomic mass is 35.5. The van der Waals surface area contributed by atoms with Crippen LogP contribution in [-0.4, -0.2) is 32.6 Å². The van der Waals surface area contributed by atoms with Gasteiger partial charge in [0.1, 0.15) is 11.5 Å². The average Bonchev–Trinajstić information content (AvgIpc) is 2.59.